The molecule has 8 heteroatoms. The minimum absolute atomic E-state index is 0.160. The lowest BCUT2D eigenvalue weighted by Gasteiger charge is -2.41. The highest BCUT2D eigenvalue weighted by molar-refractivity contribution is 5.97. The summed E-state index contributed by atoms with van der Waals surface area (Å²) in [5.74, 6) is -0.0662. The molecule has 1 N–H and O–H groups in total. The van der Waals surface area contributed by atoms with Crippen LogP contribution in [0.5, 0.6) is 0 Å². The Labute approximate surface area is 187 Å². The third kappa shape index (κ3) is 4.79. The van der Waals surface area contributed by atoms with Crippen LogP contribution in [0.2, 0.25) is 0 Å². The number of hydrogen-bond acceptors (Lipinski definition) is 4. The van der Waals surface area contributed by atoms with Crippen LogP contribution in [-0.2, 0) is 4.74 Å². The second-order valence-electron chi connectivity index (χ2n) is 9.21. The maximum Gasteiger partial charge on any atom is 0.410 e. The highest BCUT2D eigenvalue weighted by atomic mass is 19.1. The number of nitrogens with one attached hydrogen (secondary N) is 1. The van der Waals surface area contributed by atoms with Crippen molar-refractivity contribution in [2.45, 2.75) is 26.4 Å². The largest absolute Gasteiger partial charge is 0.444 e. The van der Waals surface area contributed by atoms with Crippen LogP contribution in [0.4, 0.5) is 31.0 Å². The van der Waals surface area contributed by atoms with Crippen molar-refractivity contribution < 1.29 is 18.7 Å². The van der Waals surface area contributed by atoms with Gasteiger partial charge < -0.3 is 19.9 Å². The van der Waals surface area contributed by atoms with Crippen molar-refractivity contribution in [1.29, 1.82) is 0 Å². The zero-order chi connectivity index (χ0) is 22.9. The predicted molar refractivity (Wildman–Crippen MR) is 122 cm³/mol. The normalized spacial score (nSPS) is 16.3. The van der Waals surface area contributed by atoms with Crippen LogP contribution in [0.15, 0.2) is 48.5 Å². The number of carbonyl (C=O) groups excluding carboxylic acids is 2. The summed E-state index contributed by atoms with van der Waals surface area (Å²) in [7, 11) is 0. The molecule has 0 saturated carbocycles. The van der Waals surface area contributed by atoms with E-state index in [-0.39, 0.29) is 23.9 Å². The van der Waals surface area contributed by atoms with E-state index in [1.54, 1.807) is 21.9 Å². The van der Waals surface area contributed by atoms with Crippen molar-refractivity contribution in [1.82, 2.24) is 10.2 Å². The van der Waals surface area contributed by atoms with E-state index in [4.69, 9.17) is 4.74 Å². The van der Waals surface area contributed by atoms with Gasteiger partial charge >= 0.3 is 12.1 Å². The predicted octanol–water partition coefficient (Wildman–Crippen LogP) is 4.36. The standard InChI is InChI=1S/C24H29FN4O3/c1-24(2,3)32-23(31)27-15-17(16-27)14-26-22(30)29-13-12-28(19-10-8-18(25)9-11-19)20-6-4-5-7-21(20)29/h4-11,17H,12-16H2,1-3H3,(H,26,30). The Morgan fingerprint density at radius 2 is 1.69 bits per heavy atom. The first kappa shape index (κ1) is 21.9. The summed E-state index contributed by atoms with van der Waals surface area (Å²) in [4.78, 5) is 30.5. The van der Waals surface area contributed by atoms with Gasteiger partial charge in [-0.15, -0.1) is 0 Å². The van der Waals surface area contributed by atoms with Crippen LogP contribution in [0.3, 0.4) is 0 Å². The van der Waals surface area contributed by atoms with Gasteiger partial charge in [-0.3, -0.25) is 4.90 Å². The molecule has 2 heterocycles. The number of nitrogens with zero attached hydrogens (tertiary/aromatic N) is 3. The van der Waals surface area contributed by atoms with Crippen molar-refractivity contribution in [3.8, 4) is 0 Å². The van der Waals surface area contributed by atoms with E-state index < -0.39 is 5.60 Å². The lowest BCUT2D eigenvalue weighted by Crippen LogP contribution is -2.56. The zero-order valence-corrected chi connectivity index (χ0v) is 18.7. The van der Waals surface area contributed by atoms with Gasteiger partial charge in [0.15, 0.2) is 0 Å². The molecule has 0 spiro atoms. The molecule has 0 atom stereocenters. The van der Waals surface area contributed by atoms with Crippen LogP contribution in [-0.4, -0.2) is 55.3 Å². The van der Waals surface area contributed by atoms with Crippen molar-refractivity contribution in [2.24, 2.45) is 5.92 Å². The van der Waals surface area contributed by atoms with E-state index in [2.05, 4.69) is 10.2 Å². The van der Waals surface area contributed by atoms with Gasteiger partial charge in [-0.2, -0.15) is 0 Å². The molecule has 0 unspecified atom stereocenters. The van der Waals surface area contributed by atoms with Gasteiger partial charge in [0.2, 0.25) is 0 Å². The fourth-order valence-corrected chi connectivity index (χ4v) is 3.96. The average molecular weight is 441 g/mol. The van der Waals surface area contributed by atoms with E-state index in [0.29, 0.717) is 32.7 Å². The van der Waals surface area contributed by atoms with Gasteiger partial charge in [-0.25, -0.2) is 14.0 Å². The Morgan fingerprint density at radius 3 is 2.34 bits per heavy atom. The fraction of sp³-hybridized carbons (Fsp3) is 0.417. The van der Waals surface area contributed by atoms with Crippen LogP contribution in [0.25, 0.3) is 0 Å². The van der Waals surface area contributed by atoms with E-state index in [1.807, 2.05) is 45.0 Å². The maximum absolute atomic E-state index is 13.3. The summed E-state index contributed by atoms with van der Waals surface area (Å²) in [6.45, 7) is 8.29. The van der Waals surface area contributed by atoms with Crippen molar-refractivity contribution in [2.75, 3.05) is 42.5 Å². The molecule has 0 aromatic heterocycles. The minimum atomic E-state index is -0.514. The maximum atomic E-state index is 13.3. The molecule has 2 aromatic carbocycles. The smallest absolute Gasteiger partial charge is 0.410 e. The summed E-state index contributed by atoms with van der Waals surface area (Å²) >= 11 is 0. The van der Waals surface area contributed by atoms with Crippen LogP contribution < -0.4 is 15.1 Å². The topological polar surface area (TPSA) is 65.1 Å². The summed E-state index contributed by atoms with van der Waals surface area (Å²) < 4.78 is 18.7. The van der Waals surface area contributed by atoms with Gasteiger partial charge in [0.25, 0.3) is 0 Å². The number of hydrogen-bond donors (Lipinski definition) is 1. The highest BCUT2D eigenvalue weighted by Gasteiger charge is 2.34. The molecule has 0 radical (unpaired) electrons. The molecule has 7 nitrogen and oxygen atoms in total. The molecule has 1 saturated heterocycles. The summed E-state index contributed by atoms with van der Waals surface area (Å²) in [5.41, 5.74) is 2.08. The Hall–Kier alpha value is -3.29. The van der Waals surface area contributed by atoms with E-state index in [9.17, 15) is 14.0 Å². The summed E-state index contributed by atoms with van der Waals surface area (Å²) in [6, 6.07) is 13.9. The number of benzene rings is 2. The van der Waals surface area contributed by atoms with Gasteiger partial charge in [-0.05, 0) is 57.2 Å². The Balaban J connectivity index is 1.35. The first-order valence-corrected chi connectivity index (χ1v) is 10.9. The molecule has 0 aliphatic carbocycles. The van der Waals surface area contributed by atoms with Crippen molar-refractivity contribution in [3.63, 3.8) is 0 Å². The fourth-order valence-electron chi connectivity index (χ4n) is 3.96. The van der Waals surface area contributed by atoms with E-state index in [0.717, 1.165) is 17.1 Å². The first-order valence-electron chi connectivity index (χ1n) is 10.9. The number of anilines is 3. The molecule has 3 amide bonds. The van der Waals surface area contributed by atoms with Gasteiger partial charge in [0.05, 0.1) is 11.4 Å². The average Bonchev–Trinajstić information content (AvgIpc) is 2.71. The molecule has 2 aromatic rings. The van der Waals surface area contributed by atoms with Crippen molar-refractivity contribution >= 4 is 29.2 Å². The lowest BCUT2D eigenvalue weighted by molar-refractivity contribution is -0.000338. The molecular weight excluding hydrogens is 411 g/mol. The second kappa shape index (κ2) is 8.68. The Bertz CT molecular complexity index is 983. The number of halogens is 1. The van der Waals surface area contributed by atoms with Gasteiger partial charge in [-0.1, -0.05) is 12.1 Å². The monoisotopic (exact) mass is 440 g/mol. The van der Waals surface area contributed by atoms with Crippen LogP contribution in [0, 0.1) is 11.7 Å². The Morgan fingerprint density at radius 1 is 1.03 bits per heavy atom. The molecule has 170 valence electrons. The quantitative estimate of drug-likeness (QED) is 0.770. The highest BCUT2D eigenvalue weighted by Crippen LogP contribution is 2.37. The number of carbonyl (C=O) groups is 2. The molecule has 2 aliphatic heterocycles. The van der Waals surface area contributed by atoms with Gasteiger partial charge in [0, 0.05) is 44.3 Å². The summed E-state index contributed by atoms with van der Waals surface area (Å²) in [5, 5.41) is 3.01. The minimum Gasteiger partial charge on any atom is -0.444 e. The molecular formula is C24H29FN4O3. The molecule has 2 aliphatic rings. The third-order valence-electron chi connectivity index (χ3n) is 5.54. The number of amides is 3. The number of rotatable bonds is 3. The second-order valence-corrected chi connectivity index (χ2v) is 9.21. The molecule has 32 heavy (non-hydrogen) atoms. The number of para-hydroxylation sites is 2. The molecule has 4 rings (SSSR count). The SMILES string of the molecule is CC(C)(C)OC(=O)N1CC(CNC(=O)N2CCN(c3ccc(F)cc3)c3ccccc32)C1. The zero-order valence-electron chi connectivity index (χ0n) is 18.7. The van der Waals surface area contributed by atoms with E-state index >= 15 is 0 Å². The van der Waals surface area contributed by atoms with Gasteiger partial charge in [0.1, 0.15) is 11.4 Å². The Kier molecular flexibility index (Phi) is 5.95. The number of urea groups is 1. The first-order chi connectivity index (χ1) is 15.2. The molecule has 1 fully saturated rings. The number of ether oxygens (including phenoxy) is 1. The van der Waals surface area contributed by atoms with Crippen molar-refractivity contribution in [3.05, 3.63) is 54.3 Å². The van der Waals surface area contributed by atoms with Crippen LogP contribution >= 0.6 is 0 Å². The van der Waals surface area contributed by atoms with Crippen LogP contribution in [0.1, 0.15) is 20.8 Å². The molecule has 0 bridgehead atoms. The number of likely N-dealkylation sites (tertiary alicyclic amines) is 1. The number of fused-ring (bicyclic) bond motifs is 1. The third-order valence-corrected chi connectivity index (χ3v) is 5.54. The van der Waals surface area contributed by atoms with E-state index in [1.165, 1.54) is 12.1 Å². The summed E-state index contributed by atoms with van der Waals surface area (Å²) in [6.07, 6.45) is -0.314. The lowest BCUT2D eigenvalue weighted by atomic mass is 10.0.